The van der Waals surface area contributed by atoms with E-state index in [9.17, 15) is 18.0 Å². The zero-order valence-electron chi connectivity index (χ0n) is 17.1. The Labute approximate surface area is 181 Å². The van der Waals surface area contributed by atoms with E-state index >= 15 is 0 Å². The second-order valence-corrected chi connectivity index (χ2v) is 7.24. The minimum atomic E-state index is -4.76. The lowest BCUT2D eigenvalue weighted by Gasteiger charge is -2.18. The number of aromatic nitrogens is 2. The van der Waals surface area contributed by atoms with Gasteiger partial charge in [0.1, 0.15) is 11.5 Å². The van der Waals surface area contributed by atoms with Gasteiger partial charge in [0.05, 0.1) is 12.5 Å². The van der Waals surface area contributed by atoms with Gasteiger partial charge < -0.3 is 18.9 Å². The number of carbonyl (C=O) groups excluding carboxylic acids is 1. The summed E-state index contributed by atoms with van der Waals surface area (Å²) in [6, 6.07) is 12.7. The van der Waals surface area contributed by atoms with E-state index in [0.29, 0.717) is 31.2 Å². The molecule has 1 fully saturated rings. The molecule has 2 heterocycles. The molecule has 1 amide bonds. The maximum Gasteiger partial charge on any atom is 0.573 e. The molecule has 10 heteroatoms. The Hall–Kier alpha value is -3.56. The molecule has 1 aromatic heterocycles. The molecule has 1 aliphatic heterocycles. The summed E-state index contributed by atoms with van der Waals surface area (Å²) in [5.74, 6) is 0.639. The van der Waals surface area contributed by atoms with Crippen molar-refractivity contribution in [2.45, 2.75) is 32.2 Å². The lowest BCUT2D eigenvalue weighted by molar-refractivity contribution is -0.274. The summed E-state index contributed by atoms with van der Waals surface area (Å²) in [6.45, 7) is 3.26. The minimum absolute atomic E-state index is 0.0327. The molecule has 1 saturated heterocycles. The maximum absolute atomic E-state index is 12.5. The third-order valence-electron chi connectivity index (χ3n) is 4.99. The lowest BCUT2D eigenvalue weighted by Crippen LogP contribution is -2.24. The maximum atomic E-state index is 12.5. The van der Waals surface area contributed by atoms with Crippen LogP contribution in [0.2, 0.25) is 0 Å². The number of hydrogen-bond acceptors (Lipinski definition) is 6. The van der Waals surface area contributed by atoms with Gasteiger partial charge in [-0.3, -0.25) is 4.79 Å². The summed E-state index contributed by atoms with van der Waals surface area (Å²) in [5.41, 5.74) is 1.39. The highest BCUT2D eigenvalue weighted by Gasteiger charge is 2.35. The molecule has 0 radical (unpaired) electrons. The van der Waals surface area contributed by atoms with E-state index in [4.69, 9.17) is 9.26 Å². The molecule has 0 N–H and O–H groups in total. The highest BCUT2D eigenvalue weighted by atomic mass is 19.4. The summed E-state index contributed by atoms with van der Waals surface area (Å²) in [6.07, 6.45) is -4.53. The Morgan fingerprint density at radius 1 is 1.16 bits per heavy atom. The van der Waals surface area contributed by atoms with Crippen LogP contribution in [0, 0.1) is 0 Å². The standard InChI is InChI=1S/C22H20F3N3O4/c1-2-30-18-6-4-3-5-15(18)12-28-13-16(11-19(28)29)21-26-20(27-32-21)14-7-9-17(10-8-14)31-22(23,24)25/h3-10,16H,2,11-13H2,1H3. The number of carbonyl (C=O) groups is 1. The van der Waals surface area contributed by atoms with Crippen molar-refractivity contribution in [1.82, 2.24) is 15.0 Å². The van der Waals surface area contributed by atoms with Crippen LogP contribution in [0.1, 0.15) is 30.7 Å². The molecule has 4 rings (SSSR count). The van der Waals surface area contributed by atoms with Gasteiger partial charge in [0.15, 0.2) is 0 Å². The number of rotatable bonds is 7. The molecular formula is C22H20F3N3O4. The summed E-state index contributed by atoms with van der Waals surface area (Å²) in [7, 11) is 0. The summed E-state index contributed by atoms with van der Waals surface area (Å²) in [4.78, 5) is 18.6. The topological polar surface area (TPSA) is 77.7 Å². The van der Waals surface area contributed by atoms with Crippen LogP contribution in [0.3, 0.4) is 0 Å². The fourth-order valence-corrected chi connectivity index (χ4v) is 3.55. The van der Waals surface area contributed by atoms with Crippen molar-refractivity contribution in [3.8, 4) is 22.9 Å². The number of alkyl halides is 3. The van der Waals surface area contributed by atoms with Crippen LogP contribution in [0.5, 0.6) is 11.5 Å². The van der Waals surface area contributed by atoms with Crippen molar-refractivity contribution in [2.75, 3.05) is 13.2 Å². The van der Waals surface area contributed by atoms with E-state index in [-0.39, 0.29) is 29.8 Å². The summed E-state index contributed by atoms with van der Waals surface area (Å²) >= 11 is 0. The fraction of sp³-hybridized carbons (Fsp3) is 0.318. The lowest BCUT2D eigenvalue weighted by atomic mass is 10.1. The van der Waals surface area contributed by atoms with Crippen molar-refractivity contribution < 1.29 is 32.0 Å². The van der Waals surface area contributed by atoms with Gasteiger partial charge in [-0.1, -0.05) is 23.4 Å². The predicted octanol–water partition coefficient (Wildman–Crippen LogP) is 4.55. The molecule has 0 saturated carbocycles. The van der Waals surface area contributed by atoms with Gasteiger partial charge in [-0.05, 0) is 37.3 Å². The smallest absolute Gasteiger partial charge is 0.494 e. The monoisotopic (exact) mass is 447 g/mol. The molecule has 1 aliphatic rings. The van der Waals surface area contributed by atoms with Crippen LogP contribution in [0.15, 0.2) is 53.1 Å². The Balaban J connectivity index is 1.43. The van der Waals surface area contributed by atoms with Crippen LogP contribution in [-0.4, -0.2) is 40.5 Å². The number of likely N-dealkylation sites (tertiary alicyclic amines) is 1. The van der Waals surface area contributed by atoms with Crippen LogP contribution >= 0.6 is 0 Å². The molecule has 168 valence electrons. The summed E-state index contributed by atoms with van der Waals surface area (Å²) < 4.78 is 51.7. The first kappa shape index (κ1) is 21.7. The first-order chi connectivity index (χ1) is 15.3. The molecule has 1 atom stereocenters. The van der Waals surface area contributed by atoms with Crippen molar-refractivity contribution >= 4 is 5.91 Å². The number of hydrogen-bond donors (Lipinski definition) is 0. The van der Waals surface area contributed by atoms with Crippen molar-refractivity contribution in [1.29, 1.82) is 0 Å². The van der Waals surface area contributed by atoms with E-state index in [1.807, 2.05) is 31.2 Å². The molecule has 2 aromatic carbocycles. The predicted molar refractivity (Wildman–Crippen MR) is 107 cm³/mol. The highest BCUT2D eigenvalue weighted by molar-refractivity contribution is 5.79. The molecule has 7 nitrogen and oxygen atoms in total. The van der Waals surface area contributed by atoms with E-state index in [0.717, 1.165) is 11.3 Å². The Bertz CT molecular complexity index is 1080. The molecule has 1 unspecified atom stereocenters. The number of para-hydroxylation sites is 1. The normalized spacial score (nSPS) is 16.4. The first-order valence-electron chi connectivity index (χ1n) is 10.0. The number of ether oxygens (including phenoxy) is 2. The third-order valence-corrected chi connectivity index (χ3v) is 4.99. The minimum Gasteiger partial charge on any atom is -0.494 e. The largest absolute Gasteiger partial charge is 0.573 e. The average molecular weight is 447 g/mol. The Morgan fingerprint density at radius 2 is 1.91 bits per heavy atom. The van der Waals surface area contributed by atoms with Crippen molar-refractivity contribution in [3.63, 3.8) is 0 Å². The highest BCUT2D eigenvalue weighted by Crippen LogP contribution is 2.32. The quantitative estimate of drug-likeness (QED) is 0.529. The van der Waals surface area contributed by atoms with Gasteiger partial charge in [-0.15, -0.1) is 13.2 Å². The molecule has 0 bridgehead atoms. The van der Waals surface area contributed by atoms with Crippen molar-refractivity contribution in [3.05, 3.63) is 60.0 Å². The van der Waals surface area contributed by atoms with Gasteiger partial charge in [0.2, 0.25) is 17.6 Å². The first-order valence-corrected chi connectivity index (χ1v) is 10.0. The van der Waals surface area contributed by atoms with E-state index < -0.39 is 6.36 Å². The average Bonchev–Trinajstić information content (AvgIpc) is 3.36. The van der Waals surface area contributed by atoms with Gasteiger partial charge in [-0.25, -0.2) is 0 Å². The number of benzene rings is 2. The number of amides is 1. The van der Waals surface area contributed by atoms with Crippen molar-refractivity contribution in [2.24, 2.45) is 0 Å². The van der Waals surface area contributed by atoms with Gasteiger partial charge in [0.25, 0.3) is 0 Å². The third kappa shape index (κ3) is 5.01. The van der Waals surface area contributed by atoms with Crippen LogP contribution in [0.25, 0.3) is 11.4 Å². The second-order valence-electron chi connectivity index (χ2n) is 7.24. The van der Waals surface area contributed by atoms with E-state index in [2.05, 4.69) is 14.9 Å². The van der Waals surface area contributed by atoms with E-state index in [1.54, 1.807) is 4.90 Å². The molecular weight excluding hydrogens is 427 g/mol. The zero-order valence-corrected chi connectivity index (χ0v) is 17.1. The molecule has 3 aromatic rings. The summed E-state index contributed by atoms with van der Waals surface area (Å²) in [5, 5.41) is 3.91. The molecule has 32 heavy (non-hydrogen) atoms. The van der Waals surface area contributed by atoms with Crippen LogP contribution in [0.4, 0.5) is 13.2 Å². The van der Waals surface area contributed by atoms with Crippen LogP contribution in [-0.2, 0) is 11.3 Å². The molecule has 0 aliphatic carbocycles. The second kappa shape index (κ2) is 8.89. The molecule has 0 spiro atoms. The van der Waals surface area contributed by atoms with E-state index in [1.165, 1.54) is 24.3 Å². The number of halogens is 3. The fourth-order valence-electron chi connectivity index (χ4n) is 3.55. The van der Waals surface area contributed by atoms with Gasteiger partial charge in [0, 0.05) is 30.6 Å². The zero-order chi connectivity index (χ0) is 22.7. The van der Waals surface area contributed by atoms with Gasteiger partial charge in [-0.2, -0.15) is 4.98 Å². The Kier molecular flexibility index (Phi) is 6.02. The van der Waals surface area contributed by atoms with Crippen LogP contribution < -0.4 is 9.47 Å². The Morgan fingerprint density at radius 3 is 2.62 bits per heavy atom. The SMILES string of the molecule is CCOc1ccccc1CN1CC(c2nc(-c3ccc(OC(F)(F)F)cc3)no2)CC1=O. The van der Waals surface area contributed by atoms with Gasteiger partial charge >= 0.3 is 6.36 Å². The number of nitrogens with zero attached hydrogens (tertiary/aromatic N) is 3.